The van der Waals surface area contributed by atoms with Gasteiger partial charge in [-0.3, -0.25) is 4.79 Å². The summed E-state index contributed by atoms with van der Waals surface area (Å²) >= 11 is 0. The Morgan fingerprint density at radius 1 is 1.36 bits per heavy atom. The second-order valence-corrected chi connectivity index (χ2v) is 3.88. The molecule has 0 aliphatic carbocycles. The maximum Gasteiger partial charge on any atom is 0.306 e. The predicted octanol–water partition coefficient (Wildman–Crippen LogP) is 3.10. The molecule has 0 aromatic rings. The van der Waals surface area contributed by atoms with Gasteiger partial charge in [0.05, 0.1) is 13.0 Å². The summed E-state index contributed by atoms with van der Waals surface area (Å²) in [6.45, 7) is 13.8. The normalized spacial score (nSPS) is 11.9. The lowest BCUT2D eigenvalue weighted by Crippen LogP contribution is -2.11. The number of allylic oxidation sites excluding steroid dienone is 1. The molecular formula is C12H20O2. The van der Waals surface area contributed by atoms with E-state index >= 15 is 0 Å². The molecule has 0 spiro atoms. The third kappa shape index (κ3) is 6.46. The largest absolute Gasteiger partial charge is 0.465 e. The van der Waals surface area contributed by atoms with Crippen LogP contribution in [-0.2, 0) is 9.53 Å². The van der Waals surface area contributed by atoms with Crippen molar-refractivity contribution in [2.75, 3.05) is 6.61 Å². The summed E-state index contributed by atoms with van der Waals surface area (Å²) in [6, 6.07) is 0. The predicted molar refractivity (Wildman–Crippen MR) is 59.0 cm³/mol. The smallest absolute Gasteiger partial charge is 0.306 e. The van der Waals surface area contributed by atoms with Crippen LogP contribution < -0.4 is 0 Å². The van der Waals surface area contributed by atoms with Gasteiger partial charge in [-0.1, -0.05) is 24.6 Å². The molecule has 2 heteroatoms. The van der Waals surface area contributed by atoms with E-state index in [9.17, 15) is 4.79 Å². The molecule has 0 heterocycles. The van der Waals surface area contributed by atoms with Crippen LogP contribution >= 0.6 is 0 Å². The van der Waals surface area contributed by atoms with Gasteiger partial charge in [-0.2, -0.15) is 0 Å². The fraction of sp³-hybridized carbons (Fsp3) is 0.583. The van der Waals surface area contributed by atoms with Gasteiger partial charge in [0, 0.05) is 6.42 Å². The maximum absolute atomic E-state index is 11.2. The lowest BCUT2D eigenvalue weighted by molar-refractivity contribution is -0.144. The van der Waals surface area contributed by atoms with Crippen molar-refractivity contribution in [2.24, 2.45) is 5.92 Å². The summed E-state index contributed by atoms with van der Waals surface area (Å²) < 4.78 is 5.03. The van der Waals surface area contributed by atoms with Crippen LogP contribution in [0.15, 0.2) is 24.3 Å². The molecular weight excluding hydrogens is 176 g/mol. The number of carbonyl (C=O) groups is 1. The molecule has 0 fully saturated rings. The van der Waals surface area contributed by atoms with Crippen LogP contribution in [0.2, 0.25) is 0 Å². The molecule has 0 amide bonds. The molecule has 0 aliphatic rings. The average Bonchev–Trinajstić information content (AvgIpc) is 2.02. The highest BCUT2D eigenvalue weighted by molar-refractivity contribution is 5.70. The van der Waals surface area contributed by atoms with E-state index in [1.165, 1.54) is 0 Å². The van der Waals surface area contributed by atoms with Gasteiger partial charge in [-0.15, -0.1) is 6.58 Å². The SMILES string of the molecule is C=C(C)CCOC(=O)CC(C)C(=C)C. The Kier molecular flexibility index (Phi) is 5.93. The van der Waals surface area contributed by atoms with E-state index in [4.69, 9.17) is 4.74 Å². The quantitative estimate of drug-likeness (QED) is 0.482. The minimum absolute atomic E-state index is 0.151. The Balaban J connectivity index is 3.65. The zero-order valence-electron chi connectivity index (χ0n) is 9.43. The van der Waals surface area contributed by atoms with Crippen LogP contribution in [0.25, 0.3) is 0 Å². The molecule has 0 N–H and O–H groups in total. The standard InChI is InChI=1S/C12H20O2/c1-9(2)6-7-14-12(13)8-11(5)10(3)4/h11H,1,3,6-8H2,2,4-5H3. The van der Waals surface area contributed by atoms with Gasteiger partial charge < -0.3 is 4.74 Å². The number of esters is 1. The van der Waals surface area contributed by atoms with E-state index in [0.717, 1.165) is 17.6 Å². The van der Waals surface area contributed by atoms with E-state index in [1.807, 2.05) is 20.8 Å². The molecule has 1 unspecified atom stereocenters. The third-order valence-electron chi connectivity index (χ3n) is 2.11. The highest BCUT2D eigenvalue weighted by atomic mass is 16.5. The molecule has 0 aromatic carbocycles. The number of rotatable bonds is 6. The summed E-state index contributed by atoms with van der Waals surface area (Å²) in [5, 5.41) is 0. The van der Waals surface area contributed by atoms with Crippen LogP contribution in [0.5, 0.6) is 0 Å². The Bertz CT molecular complexity index is 228. The zero-order valence-corrected chi connectivity index (χ0v) is 9.43. The van der Waals surface area contributed by atoms with Crippen molar-refractivity contribution in [3.63, 3.8) is 0 Å². The van der Waals surface area contributed by atoms with Crippen molar-refractivity contribution in [1.82, 2.24) is 0 Å². The monoisotopic (exact) mass is 196 g/mol. The third-order valence-corrected chi connectivity index (χ3v) is 2.11. The number of ether oxygens (including phenoxy) is 1. The summed E-state index contributed by atoms with van der Waals surface area (Å²) in [4.78, 5) is 11.2. The molecule has 1 atom stereocenters. The number of hydrogen-bond donors (Lipinski definition) is 0. The Morgan fingerprint density at radius 3 is 2.36 bits per heavy atom. The van der Waals surface area contributed by atoms with Crippen molar-refractivity contribution in [1.29, 1.82) is 0 Å². The zero-order chi connectivity index (χ0) is 11.1. The first-order chi connectivity index (χ1) is 6.43. The van der Waals surface area contributed by atoms with E-state index in [-0.39, 0.29) is 11.9 Å². The Morgan fingerprint density at radius 2 is 1.93 bits per heavy atom. The first-order valence-corrected chi connectivity index (χ1v) is 4.89. The van der Waals surface area contributed by atoms with Gasteiger partial charge in [-0.25, -0.2) is 0 Å². The highest BCUT2D eigenvalue weighted by Gasteiger charge is 2.10. The summed E-state index contributed by atoms with van der Waals surface area (Å²) in [7, 11) is 0. The molecule has 0 aliphatic heterocycles. The van der Waals surface area contributed by atoms with E-state index < -0.39 is 0 Å². The molecule has 0 radical (unpaired) electrons. The van der Waals surface area contributed by atoms with E-state index in [0.29, 0.717) is 13.0 Å². The van der Waals surface area contributed by atoms with Crippen LogP contribution in [0, 0.1) is 5.92 Å². The number of hydrogen-bond acceptors (Lipinski definition) is 2. The van der Waals surface area contributed by atoms with Gasteiger partial charge in [0.15, 0.2) is 0 Å². The Labute approximate surface area is 86.6 Å². The lowest BCUT2D eigenvalue weighted by Gasteiger charge is -2.10. The molecule has 0 rings (SSSR count). The van der Waals surface area contributed by atoms with Crippen LogP contribution in [0.1, 0.15) is 33.6 Å². The summed E-state index contributed by atoms with van der Waals surface area (Å²) in [6.07, 6.45) is 1.17. The first kappa shape index (κ1) is 12.9. The molecule has 2 nitrogen and oxygen atoms in total. The molecule has 0 aromatic heterocycles. The Hall–Kier alpha value is -1.05. The van der Waals surface area contributed by atoms with Crippen LogP contribution in [-0.4, -0.2) is 12.6 Å². The molecule has 0 saturated carbocycles. The van der Waals surface area contributed by atoms with E-state index in [1.54, 1.807) is 0 Å². The molecule has 0 bridgehead atoms. The van der Waals surface area contributed by atoms with Crippen LogP contribution in [0.4, 0.5) is 0 Å². The van der Waals surface area contributed by atoms with Crippen molar-refractivity contribution in [3.05, 3.63) is 24.3 Å². The van der Waals surface area contributed by atoms with Crippen molar-refractivity contribution >= 4 is 5.97 Å². The summed E-state index contributed by atoms with van der Waals surface area (Å²) in [5.41, 5.74) is 2.05. The van der Waals surface area contributed by atoms with Crippen molar-refractivity contribution in [2.45, 2.75) is 33.6 Å². The van der Waals surface area contributed by atoms with Crippen molar-refractivity contribution < 1.29 is 9.53 Å². The minimum atomic E-state index is -0.151. The minimum Gasteiger partial charge on any atom is -0.465 e. The second-order valence-electron chi connectivity index (χ2n) is 3.88. The van der Waals surface area contributed by atoms with Gasteiger partial charge in [0.2, 0.25) is 0 Å². The summed E-state index contributed by atoms with van der Waals surface area (Å²) in [5.74, 6) is 0.0501. The van der Waals surface area contributed by atoms with Gasteiger partial charge in [0.25, 0.3) is 0 Å². The average molecular weight is 196 g/mol. The van der Waals surface area contributed by atoms with Crippen molar-refractivity contribution in [3.8, 4) is 0 Å². The lowest BCUT2D eigenvalue weighted by atomic mass is 10.0. The fourth-order valence-electron chi connectivity index (χ4n) is 0.822. The second kappa shape index (κ2) is 6.41. The van der Waals surface area contributed by atoms with Crippen LogP contribution in [0.3, 0.4) is 0 Å². The number of carbonyl (C=O) groups excluding carboxylic acids is 1. The highest BCUT2D eigenvalue weighted by Crippen LogP contribution is 2.12. The van der Waals surface area contributed by atoms with Gasteiger partial charge in [-0.05, 0) is 19.8 Å². The molecule has 14 heavy (non-hydrogen) atoms. The molecule has 0 saturated heterocycles. The topological polar surface area (TPSA) is 26.3 Å². The first-order valence-electron chi connectivity index (χ1n) is 4.89. The van der Waals surface area contributed by atoms with E-state index in [2.05, 4.69) is 13.2 Å². The fourth-order valence-corrected chi connectivity index (χ4v) is 0.822. The molecule has 80 valence electrons. The van der Waals surface area contributed by atoms with Gasteiger partial charge in [0.1, 0.15) is 0 Å². The maximum atomic E-state index is 11.2. The van der Waals surface area contributed by atoms with Gasteiger partial charge >= 0.3 is 5.97 Å².